The lowest BCUT2D eigenvalue weighted by Gasteiger charge is -2.20. The van der Waals surface area contributed by atoms with Gasteiger partial charge in [0.05, 0.1) is 7.11 Å². The molecule has 0 saturated carbocycles. The van der Waals surface area contributed by atoms with E-state index in [1.54, 1.807) is 12.1 Å². The van der Waals surface area contributed by atoms with Crippen LogP contribution in [0, 0.1) is 5.82 Å². The number of halogens is 1. The molecule has 3 heteroatoms. The van der Waals surface area contributed by atoms with Crippen molar-refractivity contribution in [1.29, 1.82) is 0 Å². The number of hydrogen-bond donors (Lipinski definition) is 1. The van der Waals surface area contributed by atoms with Crippen LogP contribution in [0.3, 0.4) is 0 Å². The lowest BCUT2D eigenvalue weighted by molar-refractivity contribution is 0.384. The molecule has 0 radical (unpaired) electrons. The van der Waals surface area contributed by atoms with Crippen molar-refractivity contribution in [2.45, 2.75) is 45.7 Å². The molecule has 0 heterocycles. The molecular weight excluding hydrogens is 217 g/mol. The highest BCUT2D eigenvalue weighted by Crippen LogP contribution is 2.22. The van der Waals surface area contributed by atoms with Gasteiger partial charge in [0.25, 0.3) is 0 Å². The van der Waals surface area contributed by atoms with E-state index in [9.17, 15) is 4.39 Å². The number of ether oxygens (including phenoxy) is 1. The molecule has 0 amide bonds. The molecule has 1 N–H and O–H groups in total. The summed E-state index contributed by atoms with van der Waals surface area (Å²) in [6.45, 7) is 6.42. The maximum absolute atomic E-state index is 13.3. The Morgan fingerprint density at radius 3 is 2.65 bits per heavy atom. The largest absolute Gasteiger partial charge is 0.494 e. The molecule has 0 aliphatic heterocycles. The molecule has 0 fully saturated rings. The topological polar surface area (TPSA) is 21.3 Å². The van der Waals surface area contributed by atoms with Crippen molar-refractivity contribution in [3.05, 3.63) is 29.6 Å². The third-order valence-corrected chi connectivity index (χ3v) is 2.93. The van der Waals surface area contributed by atoms with Crippen LogP contribution in [0.2, 0.25) is 0 Å². The second-order valence-electron chi connectivity index (χ2n) is 4.47. The molecule has 2 atom stereocenters. The average Bonchev–Trinajstić information content (AvgIpc) is 2.29. The van der Waals surface area contributed by atoms with E-state index >= 15 is 0 Å². The fourth-order valence-electron chi connectivity index (χ4n) is 1.99. The van der Waals surface area contributed by atoms with Gasteiger partial charge in [0.1, 0.15) is 0 Å². The monoisotopic (exact) mass is 239 g/mol. The SMILES string of the molecule is CCCC(C)NC(C)c1ccc(F)c(OC)c1. The maximum atomic E-state index is 13.3. The molecule has 0 bridgehead atoms. The number of hydrogen-bond acceptors (Lipinski definition) is 2. The van der Waals surface area contributed by atoms with Gasteiger partial charge in [0.2, 0.25) is 0 Å². The minimum atomic E-state index is -0.315. The van der Waals surface area contributed by atoms with E-state index < -0.39 is 0 Å². The molecule has 0 saturated heterocycles. The first-order valence-electron chi connectivity index (χ1n) is 6.18. The number of benzene rings is 1. The van der Waals surface area contributed by atoms with Gasteiger partial charge in [0, 0.05) is 12.1 Å². The van der Waals surface area contributed by atoms with Gasteiger partial charge in [-0.3, -0.25) is 0 Å². The Kier molecular flexibility index (Phi) is 5.42. The molecule has 0 aliphatic carbocycles. The second kappa shape index (κ2) is 6.60. The van der Waals surface area contributed by atoms with Crippen LogP contribution in [0.4, 0.5) is 4.39 Å². The van der Waals surface area contributed by atoms with E-state index in [0.717, 1.165) is 18.4 Å². The Hall–Kier alpha value is -1.09. The zero-order valence-electron chi connectivity index (χ0n) is 11.1. The van der Waals surface area contributed by atoms with E-state index in [-0.39, 0.29) is 11.9 Å². The number of nitrogens with one attached hydrogen (secondary N) is 1. The van der Waals surface area contributed by atoms with Gasteiger partial charge in [-0.1, -0.05) is 19.4 Å². The minimum Gasteiger partial charge on any atom is -0.494 e. The fourth-order valence-corrected chi connectivity index (χ4v) is 1.99. The summed E-state index contributed by atoms with van der Waals surface area (Å²) in [4.78, 5) is 0. The van der Waals surface area contributed by atoms with E-state index in [1.807, 2.05) is 0 Å². The van der Waals surface area contributed by atoms with E-state index in [1.165, 1.54) is 13.2 Å². The molecule has 0 aliphatic rings. The van der Waals surface area contributed by atoms with Gasteiger partial charge < -0.3 is 10.1 Å². The summed E-state index contributed by atoms with van der Waals surface area (Å²) in [6, 6.07) is 5.67. The van der Waals surface area contributed by atoms with Gasteiger partial charge in [-0.05, 0) is 38.0 Å². The lowest BCUT2D eigenvalue weighted by Crippen LogP contribution is -2.28. The van der Waals surface area contributed by atoms with Crippen LogP contribution in [0.15, 0.2) is 18.2 Å². The average molecular weight is 239 g/mol. The molecule has 1 aromatic carbocycles. The Bertz CT molecular complexity index is 354. The zero-order valence-corrected chi connectivity index (χ0v) is 11.1. The first kappa shape index (κ1) is 14.0. The summed E-state index contributed by atoms with van der Waals surface area (Å²) in [5.74, 6) is -0.00986. The fraction of sp³-hybridized carbons (Fsp3) is 0.571. The highest BCUT2D eigenvalue weighted by Gasteiger charge is 2.11. The predicted molar refractivity (Wildman–Crippen MR) is 68.9 cm³/mol. The molecule has 2 unspecified atom stereocenters. The molecule has 0 aromatic heterocycles. The van der Waals surface area contributed by atoms with Crippen molar-refractivity contribution >= 4 is 0 Å². The van der Waals surface area contributed by atoms with Crippen LogP contribution in [0.1, 0.15) is 45.2 Å². The van der Waals surface area contributed by atoms with Crippen molar-refractivity contribution in [2.24, 2.45) is 0 Å². The van der Waals surface area contributed by atoms with Gasteiger partial charge >= 0.3 is 0 Å². The van der Waals surface area contributed by atoms with Gasteiger partial charge in [-0.25, -0.2) is 4.39 Å². The van der Waals surface area contributed by atoms with Crippen LogP contribution < -0.4 is 10.1 Å². The van der Waals surface area contributed by atoms with Gasteiger partial charge in [-0.2, -0.15) is 0 Å². The van der Waals surface area contributed by atoms with Crippen molar-refractivity contribution in [3.8, 4) is 5.75 Å². The summed E-state index contributed by atoms with van der Waals surface area (Å²) in [7, 11) is 1.49. The quantitative estimate of drug-likeness (QED) is 0.817. The zero-order chi connectivity index (χ0) is 12.8. The van der Waals surface area contributed by atoms with E-state index in [4.69, 9.17) is 4.74 Å². The Morgan fingerprint density at radius 1 is 1.35 bits per heavy atom. The van der Waals surface area contributed by atoms with Crippen molar-refractivity contribution < 1.29 is 9.13 Å². The van der Waals surface area contributed by atoms with E-state index in [0.29, 0.717) is 11.8 Å². The molecular formula is C14H22FNO. The lowest BCUT2D eigenvalue weighted by atomic mass is 10.1. The maximum Gasteiger partial charge on any atom is 0.165 e. The number of methoxy groups -OCH3 is 1. The van der Waals surface area contributed by atoms with Crippen LogP contribution >= 0.6 is 0 Å². The highest BCUT2D eigenvalue weighted by atomic mass is 19.1. The predicted octanol–water partition coefficient (Wildman–Crippen LogP) is 3.67. The summed E-state index contributed by atoms with van der Waals surface area (Å²) >= 11 is 0. The normalized spacial score (nSPS) is 14.4. The second-order valence-corrected chi connectivity index (χ2v) is 4.47. The smallest absolute Gasteiger partial charge is 0.165 e. The summed E-state index contributed by atoms with van der Waals surface area (Å²) in [5, 5.41) is 3.49. The molecule has 96 valence electrons. The third-order valence-electron chi connectivity index (χ3n) is 2.93. The molecule has 17 heavy (non-hydrogen) atoms. The Morgan fingerprint density at radius 2 is 2.06 bits per heavy atom. The first-order chi connectivity index (χ1) is 8.08. The Balaban J connectivity index is 2.71. The summed E-state index contributed by atoms with van der Waals surface area (Å²) in [6.07, 6.45) is 2.30. The molecule has 0 spiro atoms. The summed E-state index contributed by atoms with van der Waals surface area (Å²) < 4.78 is 18.3. The van der Waals surface area contributed by atoms with Crippen LogP contribution in [-0.4, -0.2) is 13.2 Å². The van der Waals surface area contributed by atoms with Gasteiger partial charge in [-0.15, -0.1) is 0 Å². The van der Waals surface area contributed by atoms with Crippen LogP contribution in [-0.2, 0) is 0 Å². The van der Waals surface area contributed by atoms with Crippen LogP contribution in [0.5, 0.6) is 5.75 Å². The van der Waals surface area contributed by atoms with E-state index in [2.05, 4.69) is 26.1 Å². The molecule has 1 rings (SSSR count). The molecule has 2 nitrogen and oxygen atoms in total. The number of rotatable bonds is 6. The van der Waals surface area contributed by atoms with Crippen molar-refractivity contribution in [1.82, 2.24) is 5.32 Å². The Labute approximate surface area is 103 Å². The standard InChI is InChI=1S/C14H22FNO/c1-5-6-10(2)16-11(3)12-7-8-13(15)14(9-12)17-4/h7-11,16H,5-6H2,1-4H3. The van der Waals surface area contributed by atoms with Crippen LogP contribution in [0.25, 0.3) is 0 Å². The summed E-state index contributed by atoms with van der Waals surface area (Å²) in [5.41, 5.74) is 1.05. The van der Waals surface area contributed by atoms with Crippen molar-refractivity contribution in [2.75, 3.05) is 7.11 Å². The highest BCUT2D eigenvalue weighted by molar-refractivity contribution is 5.31. The van der Waals surface area contributed by atoms with Gasteiger partial charge in [0.15, 0.2) is 11.6 Å². The third kappa shape index (κ3) is 4.00. The van der Waals surface area contributed by atoms with Crippen molar-refractivity contribution in [3.63, 3.8) is 0 Å². The minimum absolute atomic E-state index is 0.200. The first-order valence-corrected chi connectivity index (χ1v) is 6.18. The molecule has 1 aromatic rings.